The first kappa shape index (κ1) is 12.5. The molecule has 4 heteroatoms. The Hall–Kier alpha value is -1.97. The summed E-state index contributed by atoms with van der Waals surface area (Å²) in [6.45, 7) is 5.87. The van der Waals surface area contributed by atoms with Gasteiger partial charge in [0.15, 0.2) is 0 Å². The highest BCUT2D eigenvalue weighted by atomic mass is 19.1. The molecule has 1 aromatic heterocycles. The molecule has 0 spiro atoms. The van der Waals surface area contributed by atoms with E-state index in [4.69, 9.17) is 5.73 Å². The minimum absolute atomic E-state index is 0.153. The minimum atomic E-state index is -0.298. The Balaban J connectivity index is 2.60. The number of hydrogen-bond acceptors (Lipinski definition) is 3. The van der Waals surface area contributed by atoms with Crippen molar-refractivity contribution in [3.8, 4) is 11.3 Å². The van der Waals surface area contributed by atoms with Gasteiger partial charge >= 0.3 is 0 Å². The summed E-state index contributed by atoms with van der Waals surface area (Å²) < 4.78 is 13.8. The molecule has 0 amide bonds. The Bertz CT molecular complexity index is 579. The molecular weight excluding hydrogens is 229 g/mol. The van der Waals surface area contributed by atoms with E-state index >= 15 is 0 Å². The first-order valence-corrected chi connectivity index (χ1v) is 5.88. The van der Waals surface area contributed by atoms with Gasteiger partial charge in [-0.3, -0.25) is 0 Å². The molecule has 0 saturated heterocycles. The Kier molecular flexibility index (Phi) is 3.28. The van der Waals surface area contributed by atoms with E-state index < -0.39 is 0 Å². The molecule has 0 aliphatic heterocycles. The Morgan fingerprint density at radius 2 is 1.89 bits per heavy atom. The predicted molar refractivity (Wildman–Crippen MR) is 70.7 cm³/mol. The van der Waals surface area contributed by atoms with E-state index in [9.17, 15) is 4.39 Å². The minimum Gasteiger partial charge on any atom is -0.384 e. The topological polar surface area (TPSA) is 51.8 Å². The second kappa shape index (κ2) is 4.72. The van der Waals surface area contributed by atoms with Crippen molar-refractivity contribution in [2.45, 2.75) is 26.7 Å². The van der Waals surface area contributed by atoms with Crippen molar-refractivity contribution < 1.29 is 4.39 Å². The first-order valence-electron chi connectivity index (χ1n) is 5.88. The average Bonchev–Trinajstić information content (AvgIpc) is 2.31. The zero-order valence-electron chi connectivity index (χ0n) is 10.7. The van der Waals surface area contributed by atoms with Gasteiger partial charge in [-0.2, -0.15) is 0 Å². The van der Waals surface area contributed by atoms with Gasteiger partial charge in [0.05, 0.1) is 5.69 Å². The molecule has 0 fully saturated rings. The Morgan fingerprint density at radius 1 is 1.17 bits per heavy atom. The maximum atomic E-state index is 13.8. The van der Waals surface area contributed by atoms with Gasteiger partial charge in [0, 0.05) is 17.5 Å². The van der Waals surface area contributed by atoms with Crippen molar-refractivity contribution in [2.75, 3.05) is 5.73 Å². The molecule has 2 N–H and O–H groups in total. The third-order valence-corrected chi connectivity index (χ3v) is 2.68. The van der Waals surface area contributed by atoms with E-state index in [2.05, 4.69) is 9.97 Å². The van der Waals surface area contributed by atoms with Gasteiger partial charge in [0.1, 0.15) is 17.5 Å². The number of nitrogens with zero attached hydrogens (tertiary/aromatic N) is 2. The van der Waals surface area contributed by atoms with Crippen LogP contribution in [0.3, 0.4) is 0 Å². The van der Waals surface area contributed by atoms with Crippen molar-refractivity contribution in [2.24, 2.45) is 0 Å². The Morgan fingerprint density at radius 3 is 2.56 bits per heavy atom. The lowest BCUT2D eigenvalue weighted by atomic mass is 10.1. The van der Waals surface area contributed by atoms with Gasteiger partial charge in [-0.1, -0.05) is 25.5 Å². The second-order valence-corrected chi connectivity index (χ2v) is 4.67. The standard InChI is InChI=1S/C14H16FN3/c1-8(2)14-17-12(7-13(16)18-14)10-6-9(3)4-5-11(10)15/h4-8H,1-3H3,(H2,16,17,18). The van der Waals surface area contributed by atoms with E-state index in [-0.39, 0.29) is 11.7 Å². The monoisotopic (exact) mass is 245 g/mol. The summed E-state index contributed by atoms with van der Waals surface area (Å²) in [6.07, 6.45) is 0. The van der Waals surface area contributed by atoms with Crippen molar-refractivity contribution >= 4 is 5.82 Å². The number of anilines is 1. The number of benzene rings is 1. The highest BCUT2D eigenvalue weighted by Gasteiger charge is 2.11. The fourth-order valence-electron chi connectivity index (χ4n) is 1.72. The fourth-order valence-corrected chi connectivity index (χ4v) is 1.72. The van der Waals surface area contributed by atoms with Crippen LogP contribution in [0.5, 0.6) is 0 Å². The van der Waals surface area contributed by atoms with Gasteiger partial charge < -0.3 is 5.73 Å². The molecule has 0 aliphatic rings. The molecular formula is C14H16FN3. The third kappa shape index (κ3) is 2.47. The number of rotatable bonds is 2. The van der Waals surface area contributed by atoms with Gasteiger partial charge in [0.2, 0.25) is 0 Å². The second-order valence-electron chi connectivity index (χ2n) is 4.67. The van der Waals surface area contributed by atoms with Crippen LogP contribution >= 0.6 is 0 Å². The highest BCUT2D eigenvalue weighted by molar-refractivity contribution is 5.63. The largest absolute Gasteiger partial charge is 0.384 e. The number of nitrogen functional groups attached to an aromatic ring is 1. The van der Waals surface area contributed by atoms with Crippen LogP contribution in [0, 0.1) is 12.7 Å². The normalized spacial score (nSPS) is 10.9. The maximum absolute atomic E-state index is 13.8. The molecule has 94 valence electrons. The van der Waals surface area contributed by atoms with Crippen LogP contribution < -0.4 is 5.73 Å². The Labute approximate surface area is 106 Å². The highest BCUT2D eigenvalue weighted by Crippen LogP contribution is 2.24. The summed E-state index contributed by atoms with van der Waals surface area (Å²) in [5.41, 5.74) is 7.73. The summed E-state index contributed by atoms with van der Waals surface area (Å²) in [5.74, 6) is 0.851. The molecule has 0 saturated carbocycles. The van der Waals surface area contributed by atoms with Crippen LogP contribution in [0.4, 0.5) is 10.2 Å². The van der Waals surface area contributed by atoms with Crippen LogP contribution in [0.25, 0.3) is 11.3 Å². The van der Waals surface area contributed by atoms with Crippen LogP contribution in [0.15, 0.2) is 24.3 Å². The third-order valence-electron chi connectivity index (χ3n) is 2.68. The van der Waals surface area contributed by atoms with E-state index in [1.807, 2.05) is 20.8 Å². The number of aromatic nitrogens is 2. The zero-order valence-corrected chi connectivity index (χ0v) is 10.7. The van der Waals surface area contributed by atoms with E-state index in [0.29, 0.717) is 22.9 Å². The molecule has 1 heterocycles. The predicted octanol–water partition coefficient (Wildman–Crippen LogP) is 3.30. The maximum Gasteiger partial charge on any atom is 0.133 e. The summed E-state index contributed by atoms with van der Waals surface area (Å²) in [4.78, 5) is 8.53. The molecule has 1 aromatic carbocycles. The zero-order chi connectivity index (χ0) is 13.3. The smallest absolute Gasteiger partial charge is 0.133 e. The lowest BCUT2D eigenvalue weighted by Crippen LogP contribution is -2.03. The van der Waals surface area contributed by atoms with E-state index in [0.717, 1.165) is 5.56 Å². The van der Waals surface area contributed by atoms with Crippen molar-refractivity contribution in [3.63, 3.8) is 0 Å². The van der Waals surface area contributed by atoms with Crippen LogP contribution in [-0.4, -0.2) is 9.97 Å². The van der Waals surface area contributed by atoms with E-state index in [1.54, 1.807) is 18.2 Å². The summed E-state index contributed by atoms with van der Waals surface area (Å²) in [5, 5.41) is 0. The lowest BCUT2D eigenvalue weighted by Gasteiger charge is -2.09. The molecule has 3 nitrogen and oxygen atoms in total. The number of nitrogens with two attached hydrogens (primary N) is 1. The molecule has 2 rings (SSSR count). The van der Waals surface area contributed by atoms with Gasteiger partial charge in [-0.05, 0) is 19.1 Å². The van der Waals surface area contributed by atoms with Crippen molar-refractivity contribution in [1.82, 2.24) is 9.97 Å². The van der Waals surface area contributed by atoms with Crippen LogP contribution in [0.2, 0.25) is 0 Å². The van der Waals surface area contributed by atoms with Crippen LogP contribution in [-0.2, 0) is 0 Å². The van der Waals surface area contributed by atoms with Crippen LogP contribution in [0.1, 0.15) is 31.2 Å². The summed E-state index contributed by atoms with van der Waals surface area (Å²) in [6, 6.07) is 6.54. The summed E-state index contributed by atoms with van der Waals surface area (Å²) >= 11 is 0. The van der Waals surface area contributed by atoms with Gasteiger partial charge in [-0.15, -0.1) is 0 Å². The molecule has 0 radical (unpaired) electrons. The van der Waals surface area contributed by atoms with Crippen molar-refractivity contribution in [1.29, 1.82) is 0 Å². The van der Waals surface area contributed by atoms with Crippen molar-refractivity contribution in [3.05, 3.63) is 41.5 Å². The first-order chi connectivity index (χ1) is 8.47. The number of hydrogen-bond donors (Lipinski definition) is 1. The quantitative estimate of drug-likeness (QED) is 0.883. The molecule has 0 unspecified atom stereocenters. The number of aryl methyl sites for hydroxylation is 1. The average molecular weight is 245 g/mol. The van der Waals surface area contributed by atoms with E-state index in [1.165, 1.54) is 6.07 Å². The summed E-state index contributed by atoms with van der Waals surface area (Å²) in [7, 11) is 0. The molecule has 0 atom stereocenters. The van der Waals surface area contributed by atoms with Gasteiger partial charge in [0.25, 0.3) is 0 Å². The molecule has 2 aromatic rings. The number of halogens is 1. The molecule has 0 bridgehead atoms. The lowest BCUT2D eigenvalue weighted by molar-refractivity contribution is 0.630. The fraction of sp³-hybridized carbons (Fsp3) is 0.286. The SMILES string of the molecule is Cc1ccc(F)c(-c2cc(N)nc(C(C)C)n2)c1. The molecule has 18 heavy (non-hydrogen) atoms. The molecule has 0 aliphatic carbocycles. The van der Waals surface area contributed by atoms with Gasteiger partial charge in [-0.25, -0.2) is 14.4 Å².